The average molecular weight is 282 g/mol. The Morgan fingerprint density at radius 2 is 1.84 bits per heavy atom. The SMILES string of the molecule is CS(=O)(=O)c1ccc(NCC2CCCC2CN)cc1. The Labute approximate surface area is 115 Å². The molecule has 0 aliphatic heterocycles. The minimum absolute atomic E-state index is 0.360. The first-order valence-electron chi connectivity index (χ1n) is 6.75. The zero-order chi connectivity index (χ0) is 13.9. The highest BCUT2D eigenvalue weighted by Gasteiger charge is 2.25. The molecule has 2 unspecified atom stereocenters. The third kappa shape index (κ3) is 3.70. The van der Waals surface area contributed by atoms with Crippen LogP contribution in [0.1, 0.15) is 19.3 Å². The number of anilines is 1. The molecule has 0 radical (unpaired) electrons. The van der Waals surface area contributed by atoms with Crippen LogP contribution in [-0.2, 0) is 9.84 Å². The Bertz CT molecular complexity index is 511. The van der Waals surface area contributed by atoms with Gasteiger partial charge in [-0.25, -0.2) is 8.42 Å². The Morgan fingerprint density at radius 1 is 1.21 bits per heavy atom. The first-order chi connectivity index (χ1) is 9.00. The van der Waals surface area contributed by atoms with Crippen LogP contribution in [0.2, 0.25) is 0 Å². The lowest BCUT2D eigenvalue weighted by Crippen LogP contribution is -2.24. The average Bonchev–Trinajstić information content (AvgIpc) is 2.83. The second-order valence-corrected chi connectivity index (χ2v) is 7.38. The van der Waals surface area contributed by atoms with E-state index in [4.69, 9.17) is 5.73 Å². The molecule has 106 valence electrons. The molecule has 1 aliphatic carbocycles. The van der Waals surface area contributed by atoms with Gasteiger partial charge in [0.05, 0.1) is 4.90 Å². The monoisotopic (exact) mass is 282 g/mol. The lowest BCUT2D eigenvalue weighted by atomic mass is 9.96. The summed E-state index contributed by atoms with van der Waals surface area (Å²) < 4.78 is 22.7. The molecule has 1 aliphatic rings. The number of hydrogen-bond acceptors (Lipinski definition) is 4. The molecule has 0 spiro atoms. The van der Waals surface area contributed by atoms with Crippen LogP contribution in [0.4, 0.5) is 5.69 Å². The molecule has 0 saturated heterocycles. The van der Waals surface area contributed by atoms with Gasteiger partial charge in [0.1, 0.15) is 0 Å². The van der Waals surface area contributed by atoms with Gasteiger partial charge in [-0.2, -0.15) is 0 Å². The van der Waals surface area contributed by atoms with Crippen molar-refractivity contribution in [1.82, 2.24) is 0 Å². The molecule has 0 bridgehead atoms. The van der Waals surface area contributed by atoms with Gasteiger partial charge in [0.15, 0.2) is 9.84 Å². The fourth-order valence-electron chi connectivity index (χ4n) is 2.76. The van der Waals surface area contributed by atoms with E-state index in [1.165, 1.54) is 25.5 Å². The van der Waals surface area contributed by atoms with Crippen molar-refractivity contribution in [2.75, 3.05) is 24.7 Å². The topological polar surface area (TPSA) is 72.2 Å². The van der Waals surface area contributed by atoms with Crippen molar-refractivity contribution in [1.29, 1.82) is 0 Å². The number of sulfone groups is 1. The highest BCUT2D eigenvalue weighted by atomic mass is 32.2. The van der Waals surface area contributed by atoms with Gasteiger partial charge in [0.2, 0.25) is 0 Å². The van der Waals surface area contributed by atoms with E-state index in [2.05, 4.69) is 5.32 Å². The third-order valence-corrected chi connectivity index (χ3v) is 5.10. The van der Waals surface area contributed by atoms with E-state index in [1.54, 1.807) is 12.1 Å². The van der Waals surface area contributed by atoms with Crippen LogP contribution >= 0.6 is 0 Å². The van der Waals surface area contributed by atoms with Crippen LogP contribution in [-0.4, -0.2) is 27.8 Å². The van der Waals surface area contributed by atoms with Gasteiger partial charge in [0, 0.05) is 18.5 Å². The molecule has 5 heteroatoms. The summed E-state index contributed by atoms with van der Waals surface area (Å²) in [6.45, 7) is 1.68. The van der Waals surface area contributed by atoms with Crippen molar-refractivity contribution < 1.29 is 8.42 Å². The van der Waals surface area contributed by atoms with Crippen LogP contribution in [0.3, 0.4) is 0 Å². The van der Waals surface area contributed by atoms with Gasteiger partial charge in [-0.1, -0.05) is 6.42 Å². The maximum Gasteiger partial charge on any atom is 0.175 e. The quantitative estimate of drug-likeness (QED) is 0.865. The number of nitrogens with two attached hydrogens (primary N) is 1. The fourth-order valence-corrected chi connectivity index (χ4v) is 3.39. The first-order valence-corrected chi connectivity index (χ1v) is 8.64. The summed E-state index contributed by atoms with van der Waals surface area (Å²) in [6.07, 6.45) is 4.95. The standard InChI is InChI=1S/C14H22N2O2S/c1-19(17,18)14-7-5-13(6-8-14)16-10-12-4-2-3-11(12)9-15/h5-8,11-12,16H,2-4,9-10,15H2,1H3. The van der Waals surface area contributed by atoms with Gasteiger partial charge in [-0.05, 0) is 55.5 Å². The molecule has 0 aromatic heterocycles. The third-order valence-electron chi connectivity index (χ3n) is 3.97. The molecule has 0 heterocycles. The van der Waals surface area contributed by atoms with Crippen LogP contribution in [0.5, 0.6) is 0 Å². The Morgan fingerprint density at radius 3 is 2.42 bits per heavy atom. The fraction of sp³-hybridized carbons (Fsp3) is 0.571. The Hall–Kier alpha value is -1.07. The Kier molecular flexibility index (Phi) is 4.47. The van der Waals surface area contributed by atoms with Gasteiger partial charge < -0.3 is 11.1 Å². The second-order valence-electron chi connectivity index (χ2n) is 5.36. The minimum atomic E-state index is -3.11. The molecule has 1 aromatic rings. The van der Waals surface area contributed by atoms with E-state index in [-0.39, 0.29) is 0 Å². The predicted molar refractivity (Wildman–Crippen MR) is 77.9 cm³/mol. The summed E-state index contributed by atoms with van der Waals surface area (Å²) in [5, 5.41) is 3.38. The lowest BCUT2D eigenvalue weighted by molar-refractivity contribution is 0.414. The van der Waals surface area contributed by atoms with Crippen LogP contribution in [0, 0.1) is 11.8 Å². The molecule has 3 N–H and O–H groups in total. The largest absolute Gasteiger partial charge is 0.385 e. The maximum atomic E-state index is 11.4. The number of hydrogen-bond donors (Lipinski definition) is 2. The molecule has 2 atom stereocenters. The second kappa shape index (κ2) is 5.92. The minimum Gasteiger partial charge on any atom is -0.385 e. The van der Waals surface area contributed by atoms with Crippen molar-refractivity contribution in [2.24, 2.45) is 17.6 Å². The normalized spacial score (nSPS) is 23.5. The van der Waals surface area contributed by atoms with E-state index < -0.39 is 9.84 Å². The maximum absolute atomic E-state index is 11.4. The van der Waals surface area contributed by atoms with Crippen molar-refractivity contribution in [3.63, 3.8) is 0 Å². The van der Waals surface area contributed by atoms with E-state index in [0.717, 1.165) is 18.8 Å². The summed E-state index contributed by atoms with van der Waals surface area (Å²) in [5.41, 5.74) is 6.73. The van der Waals surface area contributed by atoms with Gasteiger partial charge in [-0.3, -0.25) is 0 Å². The molecule has 2 rings (SSSR count). The molecular formula is C14H22N2O2S. The van der Waals surface area contributed by atoms with Crippen LogP contribution < -0.4 is 11.1 Å². The van der Waals surface area contributed by atoms with E-state index >= 15 is 0 Å². The molecule has 1 saturated carbocycles. The van der Waals surface area contributed by atoms with Gasteiger partial charge in [0.25, 0.3) is 0 Å². The van der Waals surface area contributed by atoms with Crippen LogP contribution in [0.25, 0.3) is 0 Å². The van der Waals surface area contributed by atoms with E-state index in [9.17, 15) is 8.42 Å². The zero-order valence-electron chi connectivity index (χ0n) is 11.3. The van der Waals surface area contributed by atoms with Crippen LogP contribution in [0.15, 0.2) is 29.2 Å². The van der Waals surface area contributed by atoms with E-state index in [1.807, 2.05) is 12.1 Å². The summed E-state index contributed by atoms with van der Waals surface area (Å²) in [5.74, 6) is 1.27. The molecule has 0 amide bonds. The molecular weight excluding hydrogens is 260 g/mol. The Balaban J connectivity index is 1.93. The number of nitrogens with one attached hydrogen (secondary N) is 1. The smallest absolute Gasteiger partial charge is 0.175 e. The van der Waals surface area contributed by atoms with Crippen molar-refractivity contribution in [3.8, 4) is 0 Å². The highest BCUT2D eigenvalue weighted by Crippen LogP contribution is 2.31. The first kappa shape index (κ1) is 14.3. The summed E-state index contributed by atoms with van der Waals surface area (Å²) in [7, 11) is -3.11. The van der Waals surface area contributed by atoms with E-state index in [0.29, 0.717) is 16.7 Å². The van der Waals surface area contributed by atoms with Crippen molar-refractivity contribution in [2.45, 2.75) is 24.2 Å². The van der Waals surface area contributed by atoms with Gasteiger partial charge >= 0.3 is 0 Å². The molecule has 1 fully saturated rings. The summed E-state index contributed by atoms with van der Waals surface area (Å²) in [6, 6.07) is 6.94. The predicted octanol–water partition coefficient (Wildman–Crippen LogP) is 1.88. The highest BCUT2D eigenvalue weighted by molar-refractivity contribution is 7.90. The lowest BCUT2D eigenvalue weighted by Gasteiger charge is -2.19. The van der Waals surface area contributed by atoms with Gasteiger partial charge in [-0.15, -0.1) is 0 Å². The molecule has 19 heavy (non-hydrogen) atoms. The number of rotatable bonds is 5. The summed E-state index contributed by atoms with van der Waals surface area (Å²) in [4.78, 5) is 0.360. The molecule has 1 aromatic carbocycles. The summed E-state index contributed by atoms with van der Waals surface area (Å²) >= 11 is 0. The zero-order valence-corrected chi connectivity index (χ0v) is 12.1. The van der Waals surface area contributed by atoms with Crippen molar-refractivity contribution >= 4 is 15.5 Å². The molecule has 4 nitrogen and oxygen atoms in total. The number of benzene rings is 1. The van der Waals surface area contributed by atoms with Crippen molar-refractivity contribution in [3.05, 3.63) is 24.3 Å².